The fourth-order valence-electron chi connectivity index (χ4n) is 6.18. The minimum Gasteiger partial charge on any atom is -0.465 e. The van der Waals surface area contributed by atoms with E-state index in [1.165, 1.54) is 6.07 Å². The van der Waals surface area contributed by atoms with Crippen LogP contribution in [0.1, 0.15) is 24.1 Å². The van der Waals surface area contributed by atoms with Crippen molar-refractivity contribution in [1.82, 2.24) is 20.2 Å². The molecule has 0 saturated carbocycles. The molecule has 6 rings (SSSR count). The molecule has 1 aromatic heterocycles. The van der Waals surface area contributed by atoms with Crippen LogP contribution in [0, 0.1) is 17.1 Å². The highest BCUT2D eigenvalue weighted by Gasteiger charge is 2.47. The first-order valence-electron chi connectivity index (χ1n) is 14.0. The number of piperazine rings is 1. The monoisotopic (exact) mass is 615 g/mol. The normalized spacial score (nSPS) is 21.5. The van der Waals surface area contributed by atoms with Gasteiger partial charge in [0.05, 0.1) is 42.3 Å². The predicted octanol–water partition coefficient (Wildman–Crippen LogP) is 4.44. The number of rotatable bonds is 6. The number of nitrogens with one attached hydrogen (secondary N) is 1. The molecule has 0 spiro atoms. The first kappa shape index (κ1) is 29.1. The summed E-state index contributed by atoms with van der Waals surface area (Å²) in [5, 5.41) is 23.4. The number of aromatic nitrogens is 2. The van der Waals surface area contributed by atoms with Crippen molar-refractivity contribution >= 4 is 40.0 Å². The van der Waals surface area contributed by atoms with Crippen LogP contribution in [0.25, 0.3) is 10.8 Å². The number of anilines is 2. The Balaban J connectivity index is 1.34. The fourth-order valence-corrected chi connectivity index (χ4v) is 6.45. The summed E-state index contributed by atoms with van der Waals surface area (Å²) in [6, 6.07) is 9.66. The maximum atomic E-state index is 14.5. The number of fused-ring (bicyclic) bond motifs is 2. The molecule has 3 aliphatic rings. The number of hydrogen-bond acceptors (Lipinski definition) is 8. The largest absolute Gasteiger partial charge is 0.465 e. The van der Waals surface area contributed by atoms with Gasteiger partial charge in [0.2, 0.25) is 0 Å². The molecule has 0 bridgehead atoms. The zero-order chi connectivity index (χ0) is 30.3. The minimum atomic E-state index is -3.15. The van der Waals surface area contributed by atoms with Crippen molar-refractivity contribution in [2.45, 2.75) is 43.8 Å². The van der Waals surface area contributed by atoms with Crippen LogP contribution >= 0.6 is 11.6 Å². The number of amides is 1. The van der Waals surface area contributed by atoms with Crippen LogP contribution in [-0.2, 0) is 13.0 Å². The molecule has 10 nitrogen and oxygen atoms in total. The summed E-state index contributed by atoms with van der Waals surface area (Å²) in [4.78, 5) is 25.7. The van der Waals surface area contributed by atoms with Crippen LogP contribution in [0.3, 0.4) is 0 Å². The standard InChI is InChI=1S/C29H29ClF3N7O3/c30-25-21(31)5-4-17-2-1-3-23(24(17)25)38-10-7-20-22(14-38)36-27(37-26(20)39-11-9-35-18(13-39)6-8-34)43-15-19-12-29(32,33)16-40(19)28(41)42/h1-5,18-19,35H,6-7,9-16H2,(H,41,42)/t18-,19-/m0/s1. The van der Waals surface area contributed by atoms with Gasteiger partial charge in [-0.2, -0.15) is 15.2 Å². The van der Waals surface area contributed by atoms with Crippen molar-refractivity contribution in [1.29, 1.82) is 5.26 Å². The molecular formula is C29H29ClF3N7O3. The quantitative estimate of drug-likeness (QED) is 0.415. The van der Waals surface area contributed by atoms with Crippen LogP contribution < -0.4 is 19.9 Å². The lowest BCUT2D eigenvalue weighted by atomic mass is 10.0. The molecule has 0 unspecified atom stereocenters. The second-order valence-electron chi connectivity index (χ2n) is 11.1. The summed E-state index contributed by atoms with van der Waals surface area (Å²) < 4.78 is 48.4. The third-order valence-corrected chi connectivity index (χ3v) is 8.57. The molecule has 2 fully saturated rings. The first-order valence-corrected chi connectivity index (χ1v) is 14.4. The van der Waals surface area contributed by atoms with Gasteiger partial charge in [0, 0.05) is 55.3 Å². The molecule has 2 aromatic carbocycles. The van der Waals surface area contributed by atoms with E-state index in [1.54, 1.807) is 6.07 Å². The van der Waals surface area contributed by atoms with Gasteiger partial charge in [0.1, 0.15) is 18.2 Å². The summed E-state index contributed by atoms with van der Waals surface area (Å²) in [7, 11) is 0. The molecule has 3 aromatic rings. The van der Waals surface area contributed by atoms with Crippen LogP contribution in [0.15, 0.2) is 30.3 Å². The highest BCUT2D eigenvalue weighted by molar-refractivity contribution is 6.36. The lowest BCUT2D eigenvalue weighted by Gasteiger charge is -2.37. The maximum Gasteiger partial charge on any atom is 0.407 e. The third kappa shape index (κ3) is 5.81. The Kier molecular flexibility index (Phi) is 7.83. The van der Waals surface area contributed by atoms with Gasteiger partial charge in [-0.15, -0.1) is 0 Å². The molecule has 2 N–H and O–H groups in total. The molecule has 2 atom stereocenters. The molecule has 0 radical (unpaired) electrons. The van der Waals surface area contributed by atoms with Crippen molar-refractivity contribution in [2.75, 3.05) is 49.1 Å². The second-order valence-corrected chi connectivity index (χ2v) is 11.4. The number of benzene rings is 2. The number of nitrogens with zero attached hydrogens (tertiary/aromatic N) is 6. The molecule has 14 heteroatoms. The van der Waals surface area contributed by atoms with Crippen molar-refractivity contribution in [2.24, 2.45) is 0 Å². The Labute approximate surface area is 250 Å². The highest BCUT2D eigenvalue weighted by Crippen LogP contribution is 2.38. The van der Waals surface area contributed by atoms with Crippen molar-refractivity contribution in [3.8, 4) is 12.1 Å². The van der Waals surface area contributed by atoms with Crippen LogP contribution in [0.5, 0.6) is 6.01 Å². The molecule has 3 aliphatic heterocycles. The van der Waals surface area contributed by atoms with E-state index in [0.717, 1.165) is 16.6 Å². The number of ether oxygens (including phenoxy) is 1. The van der Waals surface area contributed by atoms with E-state index in [0.29, 0.717) is 67.4 Å². The maximum absolute atomic E-state index is 14.5. The number of carboxylic acid groups (broad SMARTS) is 1. The Hall–Kier alpha value is -4.02. The number of halogens is 4. The molecule has 1 amide bonds. The summed E-state index contributed by atoms with van der Waals surface area (Å²) in [5.74, 6) is -3.03. The van der Waals surface area contributed by atoms with E-state index >= 15 is 0 Å². The Bertz CT molecular complexity index is 1600. The lowest BCUT2D eigenvalue weighted by Crippen LogP contribution is -2.51. The van der Waals surface area contributed by atoms with Crippen molar-refractivity contribution < 1.29 is 27.8 Å². The zero-order valence-electron chi connectivity index (χ0n) is 23.1. The van der Waals surface area contributed by atoms with Gasteiger partial charge < -0.3 is 25.0 Å². The van der Waals surface area contributed by atoms with E-state index in [4.69, 9.17) is 16.3 Å². The number of nitriles is 1. The Morgan fingerprint density at radius 1 is 1.23 bits per heavy atom. The van der Waals surface area contributed by atoms with Gasteiger partial charge in [-0.25, -0.2) is 18.0 Å². The van der Waals surface area contributed by atoms with E-state index in [2.05, 4.69) is 31.2 Å². The highest BCUT2D eigenvalue weighted by atomic mass is 35.5. The molecule has 43 heavy (non-hydrogen) atoms. The zero-order valence-corrected chi connectivity index (χ0v) is 23.8. The van der Waals surface area contributed by atoms with Gasteiger partial charge in [0.15, 0.2) is 0 Å². The summed E-state index contributed by atoms with van der Waals surface area (Å²) in [6.45, 7) is 1.46. The average molecular weight is 616 g/mol. The SMILES string of the molecule is N#CC[C@H]1CN(c2nc(OC[C@@H]3CC(F)(F)CN3C(=O)O)nc3c2CCN(c2cccc4ccc(F)c(Cl)c24)C3)CCN1. The minimum absolute atomic E-state index is 0.0343. The smallest absolute Gasteiger partial charge is 0.407 e. The number of hydrogen-bond donors (Lipinski definition) is 2. The number of alkyl halides is 2. The predicted molar refractivity (Wildman–Crippen MR) is 154 cm³/mol. The Morgan fingerprint density at radius 3 is 2.86 bits per heavy atom. The van der Waals surface area contributed by atoms with E-state index < -0.39 is 36.8 Å². The topological polar surface area (TPSA) is 118 Å². The van der Waals surface area contributed by atoms with Crippen LogP contribution in [0.4, 0.5) is 29.5 Å². The summed E-state index contributed by atoms with van der Waals surface area (Å²) >= 11 is 6.42. The van der Waals surface area contributed by atoms with Gasteiger partial charge in [-0.3, -0.25) is 4.90 Å². The summed E-state index contributed by atoms with van der Waals surface area (Å²) in [5.41, 5.74) is 2.30. The van der Waals surface area contributed by atoms with E-state index in [1.807, 2.05) is 18.2 Å². The van der Waals surface area contributed by atoms with E-state index in [9.17, 15) is 28.3 Å². The third-order valence-electron chi connectivity index (χ3n) is 8.20. The van der Waals surface area contributed by atoms with Gasteiger partial charge in [-0.1, -0.05) is 29.8 Å². The molecule has 0 aliphatic carbocycles. The van der Waals surface area contributed by atoms with Gasteiger partial charge in [-0.05, 0) is 23.9 Å². The fraction of sp³-hybridized carbons (Fsp3) is 0.448. The van der Waals surface area contributed by atoms with E-state index in [-0.39, 0.29) is 23.7 Å². The van der Waals surface area contributed by atoms with Gasteiger partial charge >= 0.3 is 12.1 Å². The van der Waals surface area contributed by atoms with Crippen molar-refractivity contribution in [3.63, 3.8) is 0 Å². The second kappa shape index (κ2) is 11.6. The number of carbonyl (C=O) groups is 1. The van der Waals surface area contributed by atoms with Crippen LogP contribution in [0.2, 0.25) is 5.02 Å². The van der Waals surface area contributed by atoms with Crippen molar-refractivity contribution in [3.05, 3.63) is 52.4 Å². The lowest BCUT2D eigenvalue weighted by molar-refractivity contribution is 0.0124. The van der Waals surface area contributed by atoms with Crippen LogP contribution in [-0.4, -0.2) is 83.4 Å². The molecule has 226 valence electrons. The first-order chi connectivity index (χ1) is 20.6. The molecular weight excluding hydrogens is 587 g/mol. The molecule has 4 heterocycles. The Morgan fingerprint density at radius 2 is 2.07 bits per heavy atom. The summed E-state index contributed by atoms with van der Waals surface area (Å²) in [6.07, 6.45) is -1.22. The average Bonchev–Trinajstić information content (AvgIpc) is 3.32. The van der Waals surface area contributed by atoms with Gasteiger partial charge in [0.25, 0.3) is 5.92 Å². The molecule has 2 saturated heterocycles. The number of likely N-dealkylation sites (tertiary alicyclic amines) is 1.